The summed E-state index contributed by atoms with van der Waals surface area (Å²) in [4.78, 5) is 0. The van der Waals surface area contributed by atoms with Crippen molar-refractivity contribution < 1.29 is 13.2 Å². The quantitative estimate of drug-likeness (QED) is 0.632. The molecule has 0 heterocycles. The van der Waals surface area contributed by atoms with Gasteiger partial charge in [-0.25, -0.2) is 0 Å². The van der Waals surface area contributed by atoms with Gasteiger partial charge in [-0.2, -0.15) is 13.2 Å². The average molecular weight is 311 g/mol. The predicted octanol–water partition coefficient (Wildman–Crippen LogP) is 4.18. The highest BCUT2D eigenvalue weighted by molar-refractivity contribution is 9.10. The number of benzene rings is 1. The van der Waals surface area contributed by atoms with Crippen LogP contribution in [0.15, 0.2) is 22.7 Å². The molecule has 0 radical (unpaired) electrons. The summed E-state index contributed by atoms with van der Waals surface area (Å²) in [6.07, 6.45) is -4.15. The zero-order chi connectivity index (χ0) is 12.9. The fourth-order valence-electron chi connectivity index (χ4n) is 1.35. The van der Waals surface area contributed by atoms with Crippen LogP contribution in [0, 0.1) is 0 Å². The summed E-state index contributed by atoms with van der Waals surface area (Å²) in [7, 11) is 0. The maximum Gasteiger partial charge on any atom is 0.389 e. The van der Waals surface area contributed by atoms with Crippen molar-refractivity contribution >= 4 is 27.3 Å². The first-order chi connectivity index (χ1) is 7.88. The Kier molecular flexibility index (Phi) is 5.11. The van der Waals surface area contributed by atoms with Crippen molar-refractivity contribution in [3.63, 3.8) is 0 Å². The predicted molar refractivity (Wildman–Crippen MR) is 67.0 cm³/mol. The van der Waals surface area contributed by atoms with Crippen LogP contribution >= 0.6 is 15.9 Å². The van der Waals surface area contributed by atoms with E-state index in [9.17, 15) is 13.2 Å². The molecule has 0 bridgehead atoms. The van der Waals surface area contributed by atoms with Crippen molar-refractivity contribution in [2.75, 3.05) is 17.6 Å². The van der Waals surface area contributed by atoms with Gasteiger partial charge >= 0.3 is 6.18 Å². The highest BCUT2D eigenvalue weighted by atomic mass is 79.9. The normalized spacial score (nSPS) is 11.5. The molecule has 3 N–H and O–H groups in total. The number of unbranched alkanes of at least 4 members (excludes halogenated alkanes) is 1. The minimum absolute atomic E-state index is 0.142. The minimum Gasteiger partial charge on any atom is -0.399 e. The maximum absolute atomic E-state index is 11.9. The summed E-state index contributed by atoms with van der Waals surface area (Å²) in [6, 6.07) is 5.28. The second-order valence-corrected chi connectivity index (χ2v) is 4.59. The molecular formula is C11H14BrF3N2. The topological polar surface area (TPSA) is 38.0 Å². The van der Waals surface area contributed by atoms with E-state index in [-0.39, 0.29) is 6.42 Å². The van der Waals surface area contributed by atoms with Crippen molar-refractivity contribution in [1.29, 1.82) is 0 Å². The molecule has 6 heteroatoms. The van der Waals surface area contributed by atoms with Gasteiger partial charge in [0.15, 0.2) is 0 Å². The number of nitrogens with one attached hydrogen (secondary N) is 1. The Morgan fingerprint density at radius 1 is 1.24 bits per heavy atom. The molecule has 0 aliphatic carbocycles. The van der Waals surface area contributed by atoms with Crippen molar-refractivity contribution in [3.05, 3.63) is 22.7 Å². The molecule has 1 aromatic rings. The monoisotopic (exact) mass is 310 g/mol. The lowest BCUT2D eigenvalue weighted by atomic mass is 10.2. The molecule has 0 aliphatic rings. The lowest BCUT2D eigenvalue weighted by molar-refractivity contribution is -0.135. The summed E-state index contributed by atoms with van der Waals surface area (Å²) in [6.45, 7) is 0.512. The van der Waals surface area contributed by atoms with E-state index in [0.29, 0.717) is 18.7 Å². The van der Waals surface area contributed by atoms with Gasteiger partial charge in [-0.05, 0) is 47.0 Å². The van der Waals surface area contributed by atoms with Gasteiger partial charge in [0.1, 0.15) is 0 Å². The smallest absolute Gasteiger partial charge is 0.389 e. The number of nitrogens with two attached hydrogens (primary N) is 1. The Morgan fingerprint density at radius 3 is 2.53 bits per heavy atom. The number of hydrogen-bond acceptors (Lipinski definition) is 2. The van der Waals surface area contributed by atoms with E-state index in [1.165, 1.54) is 0 Å². The Bertz CT molecular complexity index is 366. The van der Waals surface area contributed by atoms with Crippen LogP contribution in [0.4, 0.5) is 24.5 Å². The SMILES string of the molecule is Nc1ccc(NCCCCC(F)(F)F)c(Br)c1. The summed E-state index contributed by atoms with van der Waals surface area (Å²) >= 11 is 3.33. The number of rotatable bonds is 5. The highest BCUT2D eigenvalue weighted by Crippen LogP contribution is 2.25. The van der Waals surface area contributed by atoms with Crippen molar-refractivity contribution in [3.8, 4) is 0 Å². The molecule has 1 aromatic carbocycles. The second-order valence-electron chi connectivity index (χ2n) is 3.74. The van der Waals surface area contributed by atoms with E-state index < -0.39 is 12.6 Å². The molecule has 0 spiro atoms. The first-order valence-corrected chi connectivity index (χ1v) is 6.03. The van der Waals surface area contributed by atoms with Crippen LogP contribution in [0.2, 0.25) is 0 Å². The molecule has 17 heavy (non-hydrogen) atoms. The molecule has 0 atom stereocenters. The van der Waals surface area contributed by atoms with Crippen LogP contribution < -0.4 is 11.1 Å². The van der Waals surface area contributed by atoms with E-state index in [1.807, 2.05) is 0 Å². The molecule has 0 aromatic heterocycles. The molecule has 1 rings (SSSR count). The van der Waals surface area contributed by atoms with Crippen LogP contribution in [0.25, 0.3) is 0 Å². The molecule has 0 aliphatic heterocycles. The van der Waals surface area contributed by atoms with Crippen LogP contribution in [-0.2, 0) is 0 Å². The van der Waals surface area contributed by atoms with E-state index in [2.05, 4.69) is 21.2 Å². The molecule has 2 nitrogen and oxygen atoms in total. The van der Waals surface area contributed by atoms with Crippen LogP contribution in [0.3, 0.4) is 0 Å². The molecule has 0 unspecified atom stereocenters. The van der Waals surface area contributed by atoms with Crippen LogP contribution in [0.1, 0.15) is 19.3 Å². The molecule has 0 fully saturated rings. The van der Waals surface area contributed by atoms with Crippen LogP contribution in [0.5, 0.6) is 0 Å². The first-order valence-electron chi connectivity index (χ1n) is 5.24. The third-order valence-electron chi connectivity index (χ3n) is 2.20. The van der Waals surface area contributed by atoms with Gasteiger partial charge in [-0.3, -0.25) is 0 Å². The van der Waals surface area contributed by atoms with Gasteiger partial charge in [-0.15, -0.1) is 0 Å². The third kappa shape index (κ3) is 5.81. The summed E-state index contributed by atoms with van der Waals surface area (Å²) < 4.78 is 36.4. The van der Waals surface area contributed by atoms with E-state index in [4.69, 9.17) is 5.73 Å². The highest BCUT2D eigenvalue weighted by Gasteiger charge is 2.25. The molecular weight excluding hydrogens is 297 g/mol. The van der Waals surface area contributed by atoms with Crippen LogP contribution in [-0.4, -0.2) is 12.7 Å². The lowest BCUT2D eigenvalue weighted by Crippen LogP contribution is -2.08. The summed E-state index contributed by atoms with van der Waals surface area (Å²) in [5.41, 5.74) is 7.05. The summed E-state index contributed by atoms with van der Waals surface area (Å²) in [5, 5.41) is 3.06. The van der Waals surface area contributed by atoms with Crippen molar-refractivity contribution in [1.82, 2.24) is 0 Å². The fourth-order valence-corrected chi connectivity index (χ4v) is 1.88. The second kappa shape index (κ2) is 6.14. The number of anilines is 2. The lowest BCUT2D eigenvalue weighted by Gasteiger charge is -2.09. The zero-order valence-electron chi connectivity index (χ0n) is 9.15. The van der Waals surface area contributed by atoms with E-state index in [1.54, 1.807) is 18.2 Å². The standard InChI is InChI=1S/C11H14BrF3N2/c12-9-7-8(16)3-4-10(9)17-6-2-1-5-11(13,14)15/h3-4,7,17H,1-2,5-6,16H2. The Balaban J connectivity index is 2.27. The fraction of sp³-hybridized carbons (Fsp3) is 0.455. The van der Waals surface area contributed by atoms with Gasteiger partial charge < -0.3 is 11.1 Å². The molecule has 0 amide bonds. The third-order valence-corrected chi connectivity index (χ3v) is 2.85. The van der Waals surface area contributed by atoms with Crippen molar-refractivity contribution in [2.24, 2.45) is 0 Å². The number of hydrogen-bond donors (Lipinski definition) is 2. The summed E-state index contributed by atoms with van der Waals surface area (Å²) in [5.74, 6) is 0. The van der Waals surface area contributed by atoms with Gasteiger partial charge in [0.25, 0.3) is 0 Å². The van der Waals surface area contributed by atoms with Crippen molar-refractivity contribution in [2.45, 2.75) is 25.4 Å². The van der Waals surface area contributed by atoms with E-state index >= 15 is 0 Å². The average Bonchev–Trinajstić information content (AvgIpc) is 2.18. The first kappa shape index (κ1) is 14.2. The Labute approximate surface area is 107 Å². The molecule has 0 saturated heterocycles. The van der Waals surface area contributed by atoms with Gasteiger partial charge in [-0.1, -0.05) is 0 Å². The number of halogens is 4. The maximum atomic E-state index is 11.9. The largest absolute Gasteiger partial charge is 0.399 e. The minimum atomic E-state index is -4.05. The van der Waals surface area contributed by atoms with Gasteiger partial charge in [0.2, 0.25) is 0 Å². The zero-order valence-corrected chi connectivity index (χ0v) is 10.7. The Morgan fingerprint density at radius 2 is 1.94 bits per heavy atom. The number of nitrogen functional groups attached to an aromatic ring is 1. The number of alkyl halides is 3. The van der Waals surface area contributed by atoms with Gasteiger partial charge in [0, 0.05) is 28.8 Å². The van der Waals surface area contributed by atoms with Gasteiger partial charge in [0.05, 0.1) is 0 Å². The molecule has 0 saturated carbocycles. The van der Waals surface area contributed by atoms with E-state index in [0.717, 1.165) is 10.2 Å². The molecule has 96 valence electrons. The Hall–Kier alpha value is -0.910.